The van der Waals surface area contributed by atoms with E-state index in [9.17, 15) is 9.59 Å². The van der Waals surface area contributed by atoms with Crippen molar-refractivity contribution in [1.29, 1.82) is 0 Å². The number of amides is 1. The summed E-state index contributed by atoms with van der Waals surface area (Å²) in [4.78, 5) is 24.9. The first-order chi connectivity index (χ1) is 9.36. The van der Waals surface area contributed by atoms with Crippen molar-refractivity contribution in [3.8, 4) is 0 Å². The molecule has 1 unspecified atom stereocenters. The van der Waals surface area contributed by atoms with Crippen LogP contribution < -0.4 is 4.90 Å². The molecule has 110 valence electrons. The third-order valence-corrected chi connectivity index (χ3v) is 3.45. The Kier molecular flexibility index (Phi) is 5.74. The van der Waals surface area contributed by atoms with Gasteiger partial charge in [0.25, 0.3) is 0 Å². The van der Waals surface area contributed by atoms with Crippen LogP contribution in [-0.4, -0.2) is 23.5 Å². The van der Waals surface area contributed by atoms with E-state index in [4.69, 9.17) is 5.11 Å². The van der Waals surface area contributed by atoms with Crippen molar-refractivity contribution >= 4 is 17.6 Å². The van der Waals surface area contributed by atoms with E-state index in [1.807, 2.05) is 39.0 Å². The molecule has 4 heteroatoms. The number of carboxylic acids is 1. The smallest absolute Gasteiger partial charge is 0.308 e. The van der Waals surface area contributed by atoms with Gasteiger partial charge in [-0.05, 0) is 43.5 Å². The summed E-state index contributed by atoms with van der Waals surface area (Å²) in [6.45, 7) is 7.77. The topological polar surface area (TPSA) is 57.6 Å². The molecule has 0 radical (unpaired) electrons. The van der Waals surface area contributed by atoms with Gasteiger partial charge in [0.05, 0.1) is 5.92 Å². The number of aliphatic carboxylic acids is 1. The molecule has 0 aliphatic rings. The maximum Gasteiger partial charge on any atom is 0.308 e. The van der Waals surface area contributed by atoms with Crippen molar-refractivity contribution in [3.63, 3.8) is 0 Å². The molecule has 1 aromatic carbocycles. The van der Waals surface area contributed by atoms with Crippen LogP contribution in [0.2, 0.25) is 0 Å². The molecule has 1 amide bonds. The predicted molar refractivity (Wildman–Crippen MR) is 80.0 cm³/mol. The van der Waals surface area contributed by atoms with Crippen LogP contribution in [0.4, 0.5) is 5.69 Å². The van der Waals surface area contributed by atoms with Crippen LogP contribution >= 0.6 is 0 Å². The third kappa shape index (κ3) is 4.08. The SMILES string of the molecule is CCCC(=O)N(CC(C)C(=O)O)c1ccc(C)c(C)c1. The quantitative estimate of drug-likeness (QED) is 0.869. The number of carbonyl (C=O) groups is 2. The fourth-order valence-electron chi connectivity index (χ4n) is 1.95. The van der Waals surface area contributed by atoms with Gasteiger partial charge < -0.3 is 10.0 Å². The van der Waals surface area contributed by atoms with Crippen LogP contribution in [0.3, 0.4) is 0 Å². The van der Waals surface area contributed by atoms with Crippen LogP contribution in [0.15, 0.2) is 18.2 Å². The van der Waals surface area contributed by atoms with Gasteiger partial charge in [0.2, 0.25) is 5.91 Å². The fourth-order valence-corrected chi connectivity index (χ4v) is 1.95. The maximum absolute atomic E-state index is 12.2. The van der Waals surface area contributed by atoms with E-state index < -0.39 is 11.9 Å². The molecule has 0 aliphatic carbocycles. The van der Waals surface area contributed by atoms with Gasteiger partial charge >= 0.3 is 5.97 Å². The van der Waals surface area contributed by atoms with E-state index in [0.29, 0.717) is 6.42 Å². The van der Waals surface area contributed by atoms with E-state index in [2.05, 4.69) is 0 Å². The van der Waals surface area contributed by atoms with E-state index in [-0.39, 0.29) is 12.5 Å². The van der Waals surface area contributed by atoms with E-state index >= 15 is 0 Å². The first kappa shape index (κ1) is 16.2. The Morgan fingerprint density at radius 1 is 1.25 bits per heavy atom. The van der Waals surface area contributed by atoms with Gasteiger partial charge in [-0.1, -0.05) is 19.9 Å². The molecule has 4 nitrogen and oxygen atoms in total. The summed E-state index contributed by atoms with van der Waals surface area (Å²) in [5.74, 6) is -1.50. The van der Waals surface area contributed by atoms with Crippen LogP contribution in [0.1, 0.15) is 37.8 Å². The highest BCUT2D eigenvalue weighted by molar-refractivity contribution is 5.94. The van der Waals surface area contributed by atoms with Gasteiger partial charge in [0.15, 0.2) is 0 Å². The number of carboxylic acid groups (broad SMARTS) is 1. The Bertz CT molecular complexity index is 496. The minimum absolute atomic E-state index is 0.0242. The Balaban J connectivity index is 3.05. The second-order valence-electron chi connectivity index (χ2n) is 5.26. The molecule has 1 N–H and O–H groups in total. The summed E-state index contributed by atoms with van der Waals surface area (Å²) in [5, 5.41) is 9.05. The Hall–Kier alpha value is -1.84. The molecule has 1 atom stereocenters. The normalized spacial score (nSPS) is 12.0. The Labute approximate surface area is 120 Å². The lowest BCUT2D eigenvalue weighted by molar-refractivity contribution is -0.140. The lowest BCUT2D eigenvalue weighted by Crippen LogP contribution is -2.36. The van der Waals surface area contributed by atoms with Crippen molar-refractivity contribution in [2.75, 3.05) is 11.4 Å². The van der Waals surface area contributed by atoms with Crippen LogP contribution in [0.25, 0.3) is 0 Å². The minimum atomic E-state index is -0.886. The van der Waals surface area contributed by atoms with Gasteiger partial charge in [0, 0.05) is 18.7 Å². The summed E-state index contributed by atoms with van der Waals surface area (Å²) in [5.41, 5.74) is 3.03. The Morgan fingerprint density at radius 3 is 2.40 bits per heavy atom. The molecule has 1 aromatic rings. The zero-order valence-corrected chi connectivity index (χ0v) is 12.6. The minimum Gasteiger partial charge on any atom is -0.481 e. The number of carbonyl (C=O) groups excluding carboxylic acids is 1. The molecule has 0 aliphatic heterocycles. The third-order valence-electron chi connectivity index (χ3n) is 3.45. The van der Waals surface area contributed by atoms with Crippen LogP contribution in [-0.2, 0) is 9.59 Å². The van der Waals surface area contributed by atoms with Crippen molar-refractivity contribution in [2.24, 2.45) is 5.92 Å². The number of aryl methyl sites for hydroxylation is 2. The van der Waals surface area contributed by atoms with Gasteiger partial charge in [-0.2, -0.15) is 0 Å². The molecule has 0 bridgehead atoms. The van der Waals surface area contributed by atoms with Crippen LogP contribution in [0, 0.1) is 19.8 Å². The average Bonchev–Trinajstić information content (AvgIpc) is 2.39. The Morgan fingerprint density at radius 2 is 1.90 bits per heavy atom. The number of benzene rings is 1. The molecule has 0 spiro atoms. The first-order valence-electron chi connectivity index (χ1n) is 6.97. The molecule has 0 saturated carbocycles. The molecule has 1 rings (SSSR count). The predicted octanol–water partition coefficient (Wildman–Crippen LogP) is 3.16. The largest absolute Gasteiger partial charge is 0.481 e. The second-order valence-corrected chi connectivity index (χ2v) is 5.26. The summed E-state index contributed by atoms with van der Waals surface area (Å²) in [7, 11) is 0. The number of anilines is 1. The van der Waals surface area contributed by atoms with E-state index in [0.717, 1.165) is 23.2 Å². The molecule has 0 fully saturated rings. The van der Waals surface area contributed by atoms with Crippen LogP contribution in [0.5, 0.6) is 0 Å². The van der Waals surface area contributed by atoms with Crippen molar-refractivity contribution in [1.82, 2.24) is 0 Å². The van der Waals surface area contributed by atoms with E-state index in [1.54, 1.807) is 11.8 Å². The lowest BCUT2D eigenvalue weighted by Gasteiger charge is -2.25. The summed E-state index contributed by atoms with van der Waals surface area (Å²) in [6, 6.07) is 5.78. The number of hydrogen-bond donors (Lipinski definition) is 1. The standard InChI is InChI=1S/C16H23NO3/c1-5-6-15(18)17(10-13(4)16(19)20)14-8-7-11(2)12(3)9-14/h7-9,13H,5-6,10H2,1-4H3,(H,19,20). The summed E-state index contributed by atoms with van der Waals surface area (Å²) < 4.78 is 0. The monoisotopic (exact) mass is 277 g/mol. The number of rotatable bonds is 6. The number of hydrogen-bond acceptors (Lipinski definition) is 2. The van der Waals surface area contributed by atoms with Gasteiger partial charge in [-0.25, -0.2) is 0 Å². The highest BCUT2D eigenvalue weighted by Crippen LogP contribution is 2.21. The van der Waals surface area contributed by atoms with Gasteiger partial charge in [-0.15, -0.1) is 0 Å². The summed E-state index contributed by atoms with van der Waals surface area (Å²) >= 11 is 0. The molecule has 0 heterocycles. The average molecular weight is 277 g/mol. The number of nitrogens with zero attached hydrogens (tertiary/aromatic N) is 1. The van der Waals surface area contributed by atoms with E-state index in [1.165, 1.54) is 0 Å². The van der Waals surface area contributed by atoms with Crippen molar-refractivity contribution < 1.29 is 14.7 Å². The van der Waals surface area contributed by atoms with Crippen molar-refractivity contribution in [2.45, 2.75) is 40.5 Å². The summed E-state index contributed by atoms with van der Waals surface area (Å²) in [6.07, 6.45) is 1.18. The molecule has 20 heavy (non-hydrogen) atoms. The molecular weight excluding hydrogens is 254 g/mol. The second kappa shape index (κ2) is 7.08. The molecule has 0 saturated heterocycles. The molecule has 0 aromatic heterocycles. The fraction of sp³-hybridized carbons (Fsp3) is 0.500. The molecular formula is C16H23NO3. The highest BCUT2D eigenvalue weighted by Gasteiger charge is 2.21. The highest BCUT2D eigenvalue weighted by atomic mass is 16.4. The zero-order chi connectivity index (χ0) is 15.3. The first-order valence-corrected chi connectivity index (χ1v) is 6.97. The van der Waals surface area contributed by atoms with Crippen molar-refractivity contribution in [3.05, 3.63) is 29.3 Å². The lowest BCUT2D eigenvalue weighted by atomic mass is 10.1. The van der Waals surface area contributed by atoms with Gasteiger partial charge in [-0.3, -0.25) is 9.59 Å². The zero-order valence-electron chi connectivity index (χ0n) is 12.6. The maximum atomic E-state index is 12.2. The van der Waals surface area contributed by atoms with Gasteiger partial charge in [0.1, 0.15) is 0 Å².